The Morgan fingerprint density at radius 1 is 1.33 bits per heavy atom. The molecule has 0 fully saturated rings. The van der Waals surface area contributed by atoms with Crippen LogP contribution in [0.4, 0.5) is 0 Å². The van der Waals surface area contributed by atoms with E-state index in [9.17, 15) is 0 Å². The van der Waals surface area contributed by atoms with E-state index in [1.165, 1.54) is 35.9 Å². The van der Waals surface area contributed by atoms with E-state index in [0.29, 0.717) is 0 Å². The molecule has 0 aliphatic carbocycles. The smallest absolute Gasteiger partial charge is 0.0986 e. The number of unbranched alkanes of at least 4 members (excludes halogenated alkanes) is 1. The van der Waals surface area contributed by atoms with E-state index in [1.54, 1.807) is 0 Å². The predicted molar refractivity (Wildman–Crippen MR) is 77.8 cm³/mol. The van der Waals surface area contributed by atoms with Crippen molar-refractivity contribution >= 4 is 11.8 Å². The van der Waals surface area contributed by atoms with Crippen LogP contribution in [-0.2, 0) is 11.8 Å². The zero-order valence-corrected chi connectivity index (χ0v) is 11.7. The van der Waals surface area contributed by atoms with Crippen LogP contribution >= 0.6 is 0 Å². The summed E-state index contributed by atoms with van der Waals surface area (Å²) < 4.78 is 0. The van der Waals surface area contributed by atoms with E-state index in [2.05, 4.69) is 40.0 Å². The minimum atomic E-state index is 1.10. The van der Waals surface area contributed by atoms with E-state index in [1.807, 2.05) is 13.0 Å². The summed E-state index contributed by atoms with van der Waals surface area (Å²) in [5.74, 6) is 2.41. The summed E-state index contributed by atoms with van der Waals surface area (Å²) in [7, 11) is 0. The van der Waals surface area contributed by atoms with Crippen LogP contribution in [0.15, 0.2) is 36.5 Å². The number of allylic oxidation sites excluding steroid dienone is 3. The Hall–Kier alpha value is -0.430. The summed E-state index contributed by atoms with van der Waals surface area (Å²) in [5, 5.41) is 0. The minimum Gasteiger partial charge on any atom is -0.0986 e. The van der Waals surface area contributed by atoms with Crippen molar-refractivity contribution in [3.05, 3.63) is 36.5 Å². The SMILES string of the molecule is C=CC(=C)C[SH+]CCCC.CC=C(C)C. The molecule has 0 aromatic carbocycles. The summed E-state index contributed by atoms with van der Waals surface area (Å²) in [4.78, 5) is 0. The maximum atomic E-state index is 3.85. The average molecular weight is 227 g/mol. The van der Waals surface area contributed by atoms with Gasteiger partial charge in [0.2, 0.25) is 0 Å². The Bertz CT molecular complexity index is 186. The van der Waals surface area contributed by atoms with Crippen LogP contribution in [0.5, 0.6) is 0 Å². The van der Waals surface area contributed by atoms with Crippen molar-refractivity contribution in [3.63, 3.8) is 0 Å². The van der Waals surface area contributed by atoms with Crippen molar-refractivity contribution < 1.29 is 0 Å². The highest BCUT2D eigenvalue weighted by Crippen LogP contribution is 1.94. The van der Waals surface area contributed by atoms with E-state index in [4.69, 9.17) is 0 Å². The Balaban J connectivity index is 0. The molecular weight excluding hydrogens is 200 g/mol. The molecule has 0 spiro atoms. The maximum absolute atomic E-state index is 3.85. The molecule has 0 unspecified atom stereocenters. The van der Waals surface area contributed by atoms with Gasteiger partial charge in [-0.2, -0.15) is 0 Å². The van der Waals surface area contributed by atoms with Crippen LogP contribution in [0, 0.1) is 0 Å². The van der Waals surface area contributed by atoms with Crippen LogP contribution in [0.25, 0.3) is 0 Å². The van der Waals surface area contributed by atoms with Crippen molar-refractivity contribution in [2.75, 3.05) is 11.5 Å². The molecule has 15 heavy (non-hydrogen) atoms. The lowest BCUT2D eigenvalue weighted by molar-refractivity contribution is 0.896. The van der Waals surface area contributed by atoms with Gasteiger partial charge in [-0.3, -0.25) is 0 Å². The van der Waals surface area contributed by atoms with Crippen LogP contribution < -0.4 is 0 Å². The largest absolute Gasteiger partial charge is 0.130 e. The Morgan fingerprint density at radius 3 is 2.20 bits per heavy atom. The average Bonchev–Trinajstić information content (AvgIpc) is 2.24. The Kier molecular flexibility index (Phi) is 15.4. The molecule has 0 aliphatic rings. The number of hydrogen-bond acceptors (Lipinski definition) is 0. The van der Waals surface area contributed by atoms with E-state index in [0.717, 1.165) is 11.3 Å². The zero-order chi connectivity index (χ0) is 12.1. The Labute approximate surface area is 101 Å². The first-order valence-corrected chi connectivity index (χ1v) is 6.87. The first-order chi connectivity index (χ1) is 7.08. The van der Waals surface area contributed by atoms with Gasteiger partial charge in [0.15, 0.2) is 0 Å². The third-order valence-electron chi connectivity index (χ3n) is 1.85. The van der Waals surface area contributed by atoms with Gasteiger partial charge in [-0.05, 0) is 44.5 Å². The molecule has 0 aliphatic heterocycles. The lowest BCUT2D eigenvalue weighted by Gasteiger charge is -1.90. The molecule has 0 rings (SSSR count). The monoisotopic (exact) mass is 227 g/mol. The van der Waals surface area contributed by atoms with Crippen molar-refractivity contribution in [1.29, 1.82) is 0 Å². The first kappa shape index (κ1) is 17.0. The molecule has 0 saturated heterocycles. The van der Waals surface area contributed by atoms with E-state index >= 15 is 0 Å². The highest BCUT2D eigenvalue weighted by Gasteiger charge is 1.96. The molecule has 0 N–H and O–H groups in total. The highest BCUT2D eigenvalue weighted by molar-refractivity contribution is 7.78. The fourth-order valence-corrected chi connectivity index (χ4v) is 1.67. The lowest BCUT2D eigenvalue weighted by Crippen LogP contribution is -1.95. The lowest BCUT2D eigenvalue weighted by atomic mass is 10.3. The summed E-state index contributed by atoms with van der Waals surface area (Å²) in [6, 6.07) is 0. The molecule has 0 heterocycles. The minimum absolute atomic E-state index is 1.10. The molecule has 0 atom stereocenters. The van der Waals surface area contributed by atoms with Gasteiger partial charge in [-0.15, -0.1) is 0 Å². The quantitative estimate of drug-likeness (QED) is 0.208. The summed E-state index contributed by atoms with van der Waals surface area (Å²) in [6.45, 7) is 15.9. The number of hydrogen-bond donors (Lipinski definition) is 0. The van der Waals surface area contributed by atoms with Crippen LogP contribution in [-0.4, -0.2) is 11.5 Å². The van der Waals surface area contributed by atoms with Crippen molar-refractivity contribution in [3.8, 4) is 0 Å². The predicted octanol–water partition coefficient (Wildman–Crippen LogP) is 4.32. The molecule has 0 aromatic heterocycles. The van der Waals surface area contributed by atoms with Crippen LogP contribution in [0.1, 0.15) is 40.5 Å². The second-order valence-corrected chi connectivity index (χ2v) is 4.90. The van der Waals surface area contributed by atoms with Gasteiger partial charge in [0.25, 0.3) is 0 Å². The molecular formula is C14H27S+. The second-order valence-electron chi connectivity index (χ2n) is 3.69. The number of thiol groups is 1. The van der Waals surface area contributed by atoms with Gasteiger partial charge in [0.05, 0.1) is 0 Å². The molecule has 0 saturated carbocycles. The topological polar surface area (TPSA) is 0 Å². The van der Waals surface area contributed by atoms with Crippen LogP contribution in [0.3, 0.4) is 0 Å². The van der Waals surface area contributed by atoms with Crippen molar-refractivity contribution in [1.82, 2.24) is 0 Å². The molecule has 0 aromatic rings. The fraction of sp³-hybridized carbons (Fsp3) is 0.571. The van der Waals surface area contributed by atoms with Crippen molar-refractivity contribution in [2.24, 2.45) is 0 Å². The van der Waals surface area contributed by atoms with Gasteiger partial charge in [-0.25, -0.2) is 0 Å². The Morgan fingerprint density at radius 2 is 1.87 bits per heavy atom. The van der Waals surface area contributed by atoms with Gasteiger partial charge < -0.3 is 0 Å². The third-order valence-corrected chi connectivity index (χ3v) is 3.11. The van der Waals surface area contributed by atoms with Gasteiger partial charge in [0.1, 0.15) is 11.5 Å². The fourth-order valence-electron chi connectivity index (χ4n) is 0.557. The van der Waals surface area contributed by atoms with Crippen molar-refractivity contribution in [2.45, 2.75) is 40.5 Å². The molecule has 0 bridgehead atoms. The maximum Gasteiger partial charge on any atom is 0.130 e. The van der Waals surface area contributed by atoms with Gasteiger partial charge >= 0.3 is 0 Å². The number of rotatable bonds is 6. The second kappa shape index (κ2) is 13.6. The first-order valence-electron chi connectivity index (χ1n) is 5.61. The summed E-state index contributed by atoms with van der Waals surface area (Å²) in [5.41, 5.74) is 2.54. The molecule has 1 heteroatoms. The molecule has 0 nitrogen and oxygen atoms in total. The highest BCUT2D eigenvalue weighted by atomic mass is 32.2. The molecule has 88 valence electrons. The van der Waals surface area contributed by atoms with E-state index in [-0.39, 0.29) is 0 Å². The van der Waals surface area contributed by atoms with Crippen LogP contribution in [0.2, 0.25) is 0 Å². The van der Waals surface area contributed by atoms with Gasteiger partial charge in [0, 0.05) is 0 Å². The summed E-state index contributed by atoms with van der Waals surface area (Å²) in [6.07, 6.45) is 6.57. The molecule has 0 radical (unpaired) electrons. The van der Waals surface area contributed by atoms with Gasteiger partial charge in [-0.1, -0.05) is 44.2 Å². The normalized spacial score (nSPS) is 8.53. The zero-order valence-electron chi connectivity index (χ0n) is 10.8. The third kappa shape index (κ3) is 19.8. The molecule has 0 amide bonds. The van der Waals surface area contributed by atoms with E-state index < -0.39 is 0 Å². The standard InChI is InChI=1S/C9H16S.C5H10/c1-4-6-7-10-8-9(3)5-2;1-4-5(2)3/h5H,2-4,6-8H2,1H3;4H,1-3H3/p+1. The summed E-state index contributed by atoms with van der Waals surface area (Å²) >= 11 is 1.50.